The Kier molecular flexibility index (Phi) is 8.53. The van der Waals surface area contributed by atoms with E-state index < -0.39 is 29.9 Å². The lowest BCUT2D eigenvalue weighted by Gasteiger charge is -2.20. The largest absolute Gasteiger partial charge is 0.479 e. The number of carbonyl (C=O) groups excluding carboxylic acids is 2. The number of aliphatic hydroxyl groups is 1. The topological polar surface area (TPSA) is 144 Å². The van der Waals surface area contributed by atoms with Crippen molar-refractivity contribution in [3.63, 3.8) is 0 Å². The van der Waals surface area contributed by atoms with Crippen LogP contribution < -0.4 is 10.6 Å². The predicted molar refractivity (Wildman–Crippen MR) is 126 cm³/mol. The number of aromatic nitrogens is 2. The summed E-state index contributed by atoms with van der Waals surface area (Å²) >= 11 is 0. The van der Waals surface area contributed by atoms with Gasteiger partial charge < -0.3 is 20.8 Å². The fourth-order valence-electron chi connectivity index (χ4n) is 3.46. The van der Waals surface area contributed by atoms with Crippen molar-refractivity contribution >= 4 is 17.8 Å². The van der Waals surface area contributed by atoms with E-state index in [0.29, 0.717) is 13.0 Å². The van der Waals surface area contributed by atoms with Gasteiger partial charge in [-0.05, 0) is 29.5 Å². The van der Waals surface area contributed by atoms with Gasteiger partial charge in [-0.3, -0.25) is 14.7 Å². The molecule has 5 N–H and O–H groups in total. The maximum absolute atomic E-state index is 12.7. The lowest BCUT2D eigenvalue weighted by molar-refractivity contribution is -0.147. The summed E-state index contributed by atoms with van der Waals surface area (Å²) < 4.78 is 0. The summed E-state index contributed by atoms with van der Waals surface area (Å²) in [7, 11) is 0. The minimum absolute atomic E-state index is 0.0656. The third-order valence-corrected chi connectivity index (χ3v) is 5.26. The van der Waals surface area contributed by atoms with E-state index in [2.05, 4.69) is 20.8 Å². The summed E-state index contributed by atoms with van der Waals surface area (Å²) in [6.45, 7) is 2.41. The summed E-state index contributed by atoms with van der Waals surface area (Å²) in [6.07, 6.45) is -0.738. The van der Waals surface area contributed by atoms with Gasteiger partial charge in [0, 0.05) is 25.1 Å². The second kappa shape index (κ2) is 11.8. The molecule has 1 aromatic heterocycles. The van der Waals surface area contributed by atoms with Crippen LogP contribution >= 0.6 is 0 Å². The van der Waals surface area contributed by atoms with Crippen LogP contribution in [0, 0.1) is 0 Å². The predicted octanol–water partition coefficient (Wildman–Crippen LogP) is 2.39. The number of amides is 2. The minimum Gasteiger partial charge on any atom is -0.479 e. The Balaban J connectivity index is 1.71. The molecule has 9 heteroatoms. The lowest BCUT2D eigenvalue weighted by Crippen LogP contribution is -2.40. The molecule has 178 valence electrons. The zero-order chi connectivity index (χ0) is 24.5. The minimum atomic E-state index is -1.63. The summed E-state index contributed by atoms with van der Waals surface area (Å²) in [5, 5.41) is 30.8. The average molecular weight is 465 g/mol. The third-order valence-electron chi connectivity index (χ3n) is 5.26. The normalized spacial score (nSPS) is 12.5. The number of nitrogens with zero attached hydrogens (tertiary/aromatic N) is 1. The summed E-state index contributed by atoms with van der Waals surface area (Å²) in [6, 6.07) is 18.2. The summed E-state index contributed by atoms with van der Waals surface area (Å²) in [5.74, 6) is -2.31. The Morgan fingerprint density at radius 3 is 2.32 bits per heavy atom. The van der Waals surface area contributed by atoms with Crippen LogP contribution in [0.5, 0.6) is 0 Å². The van der Waals surface area contributed by atoms with Gasteiger partial charge in [0.15, 0.2) is 11.8 Å². The number of carboxylic acid groups (broad SMARTS) is 1. The fourth-order valence-corrected chi connectivity index (χ4v) is 3.46. The molecular weight excluding hydrogens is 436 g/mol. The number of hydrogen-bond donors (Lipinski definition) is 5. The standard InChI is InChI=1S/C25H28N4O5/c1-2-12-26-23(31)20-15-21(29-28-20)24(32)27-19(14-22(30)25(33)34)13-16-8-10-18(11-9-16)17-6-4-3-5-7-17/h3-11,15,19,22,30H,2,12-14H2,1H3,(H,26,31)(H,27,32)(H,28,29)(H,33,34). The number of aliphatic carboxylic acids is 1. The van der Waals surface area contributed by atoms with E-state index in [1.807, 2.05) is 61.5 Å². The highest BCUT2D eigenvalue weighted by molar-refractivity contribution is 5.97. The Labute approximate surface area is 197 Å². The molecule has 0 saturated carbocycles. The lowest BCUT2D eigenvalue weighted by atomic mass is 9.97. The van der Waals surface area contributed by atoms with Crippen LogP contribution in [0.1, 0.15) is 46.3 Å². The van der Waals surface area contributed by atoms with Crippen LogP contribution in [0.15, 0.2) is 60.7 Å². The number of hydrogen-bond acceptors (Lipinski definition) is 5. The van der Waals surface area contributed by atoms with Crippen LogP contribution in [0.25, 0.3) is 11.1 Å². The number of carbonyl (C=O) groups is 3. The molecule has 2 aromatic carbocycles. The highest BCUT2D eigenvalue weighted by atomic mass is 16.4. The summed E-state index contributed by atoms with van der Waals surface area (Å²) in [5.41, 5.74) is 3.11. The highest BCUT2D eigenvalue weighted by Gasteiger charge is 2.24. The average Bonchev–Trinajstić information content (AvgIpc) is 3.34. The molecule has 2 atom stereocenters. The van der Waals surface area contributed by atoms with Gasteiger partial charge in [-0.15, -0.1) is 0 Å². The quantitative estimate of drug-likeness (QED) is 0.295. The van der Waals surface area contributed by atoms with Gasteiger partial charge in [0.1, 0.15) is 5.69 Å². The first kappa shape index (κ1) is 24.7. The number of nitrogens with one attached hydrogen (secondary N) is 3. The van der Waals surface area contributed by atoms with E-state index in [9.17, 15) is 19.5 Å². The van der Waals surface area contributed by atoms with Crippen molar-refractivity contribution in [3.05, 3.63) is 77.6 Å². The number of rotatable bonds is 11. The number of aromatic amines is 1. The molecule has 2 amide bonds. The molecule has 0 radical (unpaired) electrons. The van der Waals surface area contributed by atoms with Crippen LogP contribution in [-0.4, -0.2) is 56.9 Å². The van der Waals surface area contributed by atoms with Gasteiger partial charge in [-0.1, -0.05) is 61.5 Å². The second-order valence-corrected chi connectivity index (χ2v) is 7.95. The van der Waals surface area contributed by atoms with Crippen LogP contribution in [0.2, 0.25) is 0 Å². The van der Waals surface area contributed by atoms with Gasteiger partial charge >= 0.3 is 5.97 Å². The van der Waals surface area contributed by atoms with Crippen LogP contribution in [0.4, 0.5) is 0 Å². The Bertz CT molecular complexity index is 1110. The van der Waals surface area contributed by atoms with Gasteiger partial charge in [0.25, 0.3) is 11.8 Å². The molecule has 0 aliphatic rings. The van der Waals surface area contributed by atoms with Crippen molar-refractivity contribution in [2.45, 2.75) is 38.3 Å². The fraction of sp³-hybridized carbons (Fsp3) is 0.280. The first-order valence-electron chi connectivity index (χ1n) is 11.1. The number of aliphatic hydroxyl groups excluding tert-OH is 1. The van der Waals surface area contributed by atoms with Crippen molar-refractivity contribution in [3.8, 4) is 11.1 Å². The molecule has 0 aliphatic carbocycles. The molecule has 34 heavy (non-hydrogen) atoms. The van der Waals surface area contributed by atoms with Crippen molar-refractivity contribution in [1.82, 2.24) is 20.8 Å². The van der Waals surface area contributed by atoms with Gasteiger partial charge in [-0.2, -0.15) is 5.10 Å². The Morgan fingerprint density at radius 1 is 1.00 bits per heavy atom. The molecule has 2 unspecified atom stereocenters. The Hall–Kier alpha value is -3.98. The van der Waals surface area contributed by atoms with Gasteiger partial charge in [0.05, 0.1) is 0 Å². The van der Waals surface area contributed by atoms with Crippen molar-refractivity contribution in [1.29, 1.82) is 0 Å². The number of carboxylic acids is 1. The molecule has 0 saturated heterocycles. The molecule has 3 aromatic rings. The smallest absolute Gasteiger partial charge is 0.332 e. The molecular formula is C25H28N4O5. The molecule has 9 nitrogen and oxygen atoms in total. The van der Waals surface area contributed by atoms with E-state index in [-0.39, 0.29) is 17.8 Å². The third kappa shape index (κ3) is 6.76. The number of benzene rings is 2. The van der Waals surface area contributed by atoms with Crippen LogP contribution in [0.3, 0.4) is 0 Å². The van der Waals surface area contributed by atoms with E-state index in [0.717, 1.165) is 23.1 Å². The number of H-pyrrole nitrogens is 1. The first-order chi connectivity index (χ1) is 16.4. The first-order valence-corrected chi connectivity index (χ1v) is 11.1. The molecule has 3 rings (SSSR count). The Morgan fingerprint density at radius 2 is 1.68 bits per heavy atom. The van der Waals surface area contributed by atoms with Crippen molar-refractivity contribution in [2.75, 3.05) is 6.54 Å². The van der Waals surface area contributed by atoms with Crippen molar-refractivity contribution < 1.29 is 24.6 Å². The van der Waals surface area contributed by atoms with Gasteiger partial charge in [0.2, 0.25) is 0 Å². The molecule has 0 fully saturated rings. The van der Waals surface area contributed by atoms with E-state index >= 15 is 0 Å². The molecule has 0 aliphatic heterocycles. The SMILES string of the molecule is CCCNC(=O)c1cc(C(=O)NC(Cc2ccc(-c3ccccc3)cc2)CC(O)C(=O)O)[nH]n1. The van der Waals surface area contributed by atoms with E-state index in [4.69, 9.17) is 5.11 Å². The second-order valence-electron chi connectivity index (χ2n) is 7.95. The molecule has 0 bridgehead atoms. The maximum atomic E-state index is 12.7. The van der Waals surface area contributed by atoms with E-state index in [1.54, 1.807) is 0 Å². The van der Waals surface area contributed by atoms with Gasteiger partial charge in [-0.25, -0.2) is 4.79 Å². The summed E-state index contributed by atoms with van der Waals surface area (Å²) in [4.78, 5) is 36.0. The van der Waals surface area contributed by atoms with E-state index in [1.165, 1.54) is 6.07 Å². The zero-order valence-corrected chi connectivity index (χ0v) is 18.8. The monoisotopic (exact) mass is 464 g/mol. The highest BCUT2D eigenvalue weighted by Crippen LogP contribution is 2.20. The van der Waals surface area contributed by atoms with Crippen molar-refractivity contribution in [2.24, 2.45) is 0 Å². The zero-order valence-electron chi connectivity index (χ0n) is 18.8. The molecule has 0 spiro atoms. The maximum Gasteiger partial charge on any atom is 0.332 e. The van der Waals surface area contributed by atoms with Crippen LogP contribution in [-0.2, 0) is 11.2 Å². The molecule has 1 heterocycles.